The molecule has 0 N–H and O–H groups in total. The first-order valence-electron chi connectivity index (χ1n) is 5.60. The Morgan fingerprint density at radius 1 is 1.00 bits per heavy atom. The van der Waals surface area contributed by atoms with Gasteiger partial charge in [0.2, 0.25) is 0 Å². The smallest absolute Gasteiger partial charge is 0.262 e. The third-order valence-corrected chi connectivity index (χ3v) is 3.64. The molecule has 0 amide bonds. The monoisotopic (exact) mass is 327 g/mol. The second-order valence-electron chi connectivity index (χ2n) is 4.28. The predicted molar refractivity (Wildman–Crippen MR) is 56.1 cm³/mol. The van der Waals surface area contributed by atoms with Crippen molar-refractivity contribution >= 4 is 15.8 Å². The minimum atomic E-state index is -6.18. The van der Waals surface area contributed by atoms with Gasteiger partial charge in [-0.25, -0.2) is 0 Å². The summed E-state index contributed by atoms with van der Waals surface area (Å²) in [5.41, 5.74) is -7.44. The van der Waals surface area contributed by atoms with E-state index in [0.29, 0.717) is 19.3 Å². The number of oxime groups is 1. The summed E-state index contributed by atoms with van der Waals surface area (Å²) in [4.78, 5) is 0. The van der Waals surface area contributed by atoms with Crippen molar-refractivity contribution in [3.8, 4) is 0 Å². The van der Waals surface area contributed by atoms with Crippen LogP contribution in [-0.4, -0.2) is 25.8 Å². The Bertz CT molecular complexity index is 461. The molecule has 0 aromatic carbocycles. The van der Waals surface area contributed by atoms with Crippen LogP contribution >= 0.6 is 0 Å². The Kier molecular flexibility index (Phi) is 4.93. The SMILES string of the molecule is O=S(=O)(O/N=C(/C1CCCCC1)C(F)(F)F)C(F)(F)F. The molecule has 1 rings (SSSR count). The summed E-state index contributed by atoms with van der Waals surface area (Å²) in [7, 11) is -6.18. The van der Waals surface area contributed by atoms with Gasteiger partial charge < -0.3 is 0 Å². The molecular weight excluding hydrogens is 316 g/mol. The van der Waals surface area contributed by atoms with Gasteiger partial charge in [-0.1, -0.05) is 24.4 Å². The number of nitrogens with zero attached hydrogens (tertiary/aromatic N) is 1. The second kappa shape index (κ2) is 5.78. The Labute approximate surface area is 110 Å². The van der Waals surface area contributed by atoms with Crippen molar-refractivity contribution in [3.05, 3.63) is 0 Å². The molecule has 11 heteroatoms. The maximum atomic E-state index is 12.7. The van der Waals surface area contributed by atoms with E-state index in [2.05, 4.69) is 9.44 Å². The summed E-state index contributed by atoms with van der Waals surface area (Å²) in [5.74, 6) is -1.15. The van der Waals surface area contributed by atoms with E-state index in [4.69, 9.17) is 0 Å². The molecule has 0 unspecified atom stereocenters. The summed E-state index contributed by atoms with van der Waals surface area (Å²) in [6, 6.07) is 0. The van der Waals surface area contributed by atoms with Gasteiger partial charge >= 0.3 is 21.8 Å². The molecule has 1 aliphatic carbocycles. The van der Waals surface area contributed by atoms with Crippen molar-refractivity contribution in [1.82, 2.24) is 0 Å². The number of hydrogen-bond donors (Lipinski definition) is 0. The molecule has 1 saturated carbocycles. The lowest BCUT2D eigenvalue weighted by Gasteiger charge is -2.23. The molecule has 0 heterocycles. The van der Waals surface area contributed by atoms with Crippen LogP contribution in [0, 0.1) is 5.92 Å². The van der Waals surface area contributed by atoms with E-state index in [0.717, 1.165) is 0 Å². The van der Waals surface area contributed by atoms with Crippen LogP contribution in [0.2, 0.25) is 0 Å². The van der Waals surface area contributed by atoms with Gasteiger partial charge in [-0.15, -0.1) is 0 Å². The Hall–Kier alpha value is -1.00. The molecule has 0 aromatic rings. The molecule has 118 valence electrons. The van der Waals surface area contributed by atoms with Crippen LogP contribution < -0.4 is 0 Å². The largest absolute Gasteiger partial charge is 0.536 e. The molecule has 1 aliphatic rings. The van der Waals surface area contributed by atoms with E-state index in [1.165, 1.54) is 0 Å². The second-order valence-corrected chi connectivity index (χ2v) is 5.80. The average molecular weight is 327 g/mol. The molecule has 4 nitrogen and oxygen atoms in total. The van der Waals surface area contributed by atoms with Crippen molar-refractivity contribution in [3.63, 3.8) is 0 Å². The van der Waals surface area contributed by atoms with Gasteiger partial charge in [0.05, 0.1) is 0 Å². The highest BCUT2D eigenvalue weighted by Crippen LogP contribution is 2.33. The van der Waals surface area contributed by atoms with Gasteiger partial charge in [0.15, 0.2) is 5.71 Å². The summed E-state index contributed by atoms with van der Waals surface area (Å²) < 4.78 is 98.2. The van der Waals surface area contributed by atoms with Crippen LogP contribution in [0.5, 0.6) is 0 Å². The van der Waals surface area contributed by atoms with Crippen LogP contribution in [0.15, 0.2) is 5.16 Å². The Morgan fingerprint density at radius 2 is 1.50 bits per heavy atom. The lowest BCUT2D eigenvalue weighted by atomic mass is 9.85. The average Bonchev–Trinajstić information content (AvgIpc) is 2.27. The van der Waals surface area contributed by atoms with E-state index in [-0.39, 0.29) is 12.8 Å². The molecule has 0 bridgehead atoms. The quantitative estimate of drug-likeness (QED) is 0.346. The number of alkyl halides is 6. The number of rotatable bonds is 3. The van der Waals surface area contributed by atoms with Crippen LogP contribution in [0.3, 0.4) is 0 Å². The van der Waals surface area contributed by atoms with Crippen LogP contribution in [0.25, 0.3) is 0 Å². The molecule has 1 fully saturated rings. The molecular formula is C9H11F6NO3S. The zero-order valence-corrected chi connectivity index (χ0v) is 10.8. The van der Waals surface area contributed by atoms with Gasteiger partial charge in [0.1, 0.15) is 0 Å². The fourth-order valence-corrected chi connectivity index (χ4v) is 2.13. The Balaban J connectivity index is 2.98. The van der Waals surface area contributed by atoms with Crippen molar-refractivity contribution in [2.75, 3.05) is 0 Å². The van der Waals surface area contributed by atoms with Crippen LogP contribution in [-0.2, 0) is 14.4 Å². The zero-order valence-electron chi connectivity index (χ0n) is 9.96. The minimum absolute atomic E-state index is 0.0772. The third kappa shape index (κ3) is 4.25. The standard InChI is InChI=1S/C9H11F6NO3S/c10-8(11,12)7(6-4-2-1-3-5-6)16-19-20(17,18)9(13,14)15/h6H,1-5H2/b16-7-. The first-order chi connectivity index (χ1) is 8.95. The van der Waals surface area contributed by atoms with Crippen molar-refractivity contribution in [1.29, 1.82) is 0 Å². The predicted octanol–water partition coefficient (Wildman–Crippen LogP) is 3.35. The van der Waals surface area contributed by atoms with E-state index < -0.39 is 33.4 Å². The topological polar surface area (TPSA) is 55.7 Å². The molecule has 0 atom stereocenters. The van der Waals surface area contributed by atoms with E-state index in [9.17, 15) is 34.8 Å². The fourth-order valence-electron chi connectivity index (χ4n) is 1.87. The minimum Gasteiger partial charge on any atom is -0.262 e. The lowest BCUT2D eigenvalue weighted by Crippen LogP contribution is -2.33. The van der Waals surface area contributed by atoms with Gasteiger partial charge in [-0.2, -0.15) is 34.8 Å². The lowest BCUT2D eigenvalue weighted by molar-refractivity contribution is -0.0682. The zero-order chi connectivity index (χ0) is 15.6. The molecule has 0 aromatic heterocycles. The van der Waals surface area contributed by atoms with E-state index in [1.54, 1.807) is 0 Å². The van der Waals surface area contributed by atoms with Gasteiger partial charge in [0.25, 0.3) is 0 Å². The normalized spacial score (nSPS) is 20.0. The first kappa shape index (κ1) is 17.1. The Morgan fingerprint density at radius 3 is 1.90 bits per heavy atom. The molecule has 0 radical (unpaired) electrons. The van der Waals surface area contributed by atoms with Gasteiger partial charge in [-0.3, -0.25) is 4.28 Å². The summed E-state index contributed by atoms with van der Waals surface area (Å²) in [5, 5.41) is 2.24. The summed E-state index contributed by atoms with van der Waals surface area (Å²) in [6.45, 7) is 0. The van der Waals surface area contributed by atoms with Crippen molar-refractivity contribution in [2.45, 2.75) is 43.8 Å². The van der Waals surface area contributed by atoms with Gasteiger partial charge in [-0.05, 0) is 12.8 Å². The molecule has 0 aliphatic heterocycles. The summed E-state index contributed by atoms with van der Waals surface area (Å²) in [6.07, 6.45) is -3.24. The van der Waals surface area contributed by atoms with Crippen molar-refractivity contribution < 1.29 is 39.0 Å². The summed E-state index contributed by atoms with van der Waals surface area (Å²) >= 11 is 0. The van der Waals surface area contributed by atoms with E-state index >= 15 is 0 Å². The first-order valence-corrected chi connectivity index (χ1v) is 7.01. The molecule has 0 saturated heterocycles. The van der Waals surface area contributed by atoms with Crippen LogP contribution in [0.1, 0.15) is 32.1 Å². The maximum Gasteiger partial charge on any atom is 0.536 e. The van der Waals surface area contributed by atoms with Crippen LogP contribution in [0.4, 0.5) is 26.3 Å². The van der Waals surface area contributed by atoms with Gasteiger partial charge in [0, 0.05) is 5.92 Å². The number of halogens is 6. The molecule has 0 spiro atoms. The maximum absolute atomic E-state index is 12.7. The molecule has 20 heavy (non-hydrogen) atoms. The third-order valence-electron chi connectivity index (χ3n) is 2.80. The highest BCUT2D eigenvalue weighted by Gasteiger charge is 2.50. The van der Waals surface area contributed by atoms with E-state index in [1.807, 2.05) is 0 Å². The van der Waals surface area contributed by atoms with Crippen molar-refractivity contribution in [2.24, 2.45) is 11.1 Å². The fraction of sp³-hybridized carbons (Fsp3) is 0.889. The number of hydrogen-bond acceptors (Lipinski definition) is 4. The highest BCUT2D eigenvalue weighted by molar-refractivity contribution is 7.87. The highest BCUT2D eigenvalue weighted by atomic mass is 32.2.